The molecule has 5 heteroatoms. The summed E-state index contributed by atoms with van der Waals surface area (Å²) in [5.74, 6) is 1.61. The molecular weight excluding hydrogens is 376 g/mol. The zero-order chi connectivity index (χ0) is 21.8. The van der Waals surface area contributed by atoms with E-state index >= 15 is 0 Å². The predicted molar refractivity (Wildman–Crippen MR) is 118 cm³/mol. The first kappa shape index (κ1) is 21.6. The summed E-state index contributed by atoms with van der Waals surface area (Å²) in [6.07, 6.45) is 0. The topological polar surface area (TPSA) is 64.4 Å². The van der Waals surface area contributed by atoms with Crippen LogP contribution >= 0.6 is 0 Å². The Morgan fingerprint density at radius 3 is 2.20 bits per heavy atom. The van der Waals surface area contributed by atoms with Crippen LogP contribution in [0.4, 0.5) is 0 Å². The molecule has 0 aliphatic rings. The zero-order valence-electron chi connectivity index (χ0n) is 18.6. The van der Waals surface area contributed by atoms with Crippen molar-refractivity contribution in [1.29, 1.82) is 0 Å². The van der Waals surface area contributed by atoms with E-state index in [1.165, 1.54) is 5.56 Å². The Hall–Kier alpha value is -3.08. The van der Waals surface area contributed by atoms with E-state index in [4.69, 9.17) is 9.26 Å². The van der Waals surface area contributed by atoms with E-state index in [2.05, 4.69) is 48.6 Å². The number of carbonyl (C=O) groups is 1. The smallest absolute Gasteiger partial charge is 0.274 e. The summed E-state index contributed by atoms with van der Waals surface area (Å²) in [5, 5.41) is 7.01. The van der Waals surface area contributed by atoms with Crippen molar-refractivity contribution in [2.24, 2.45) is 0 Å². The standard InChI is InChI=1S/C25H30N2O3/c1-15(2)20-10-12-21(13-11-20)18(5)26-25(28)23-22(19(6)30-27-23)14-29-24-16(3)8-7-9-17(24)4/h7-13,15,18H,14H2,1-6H3,(H,26,28). The van der Waals surface area contributed by atoms with Crippen molar-refractivity contribution >= 4 is 5.91 Å². The quantitative estimate of drug-likeness (QED) is 0.539. The Labute approximate surface area is 178 Å². The van der Waals surface area contributed by atoms with E-state index in [9.17, 15) is 4.79 Å². The molecule has 1 atom stereocenters. The van der Waals surface area contributed by atoms with Gasteiger partial charge in [0.05, 0.1) is 11.6 Å². The highest BCUT2D eigenvalue weighted by Gasteiger charge is 2.22. The monoisotopic (exact) mass is 406 g/mol. The van der Waals surface area contributed by atoms with E-state index in [1.54, 1.807) is 6.92 Å². The summed E-state index contributed by atoms with van der Waals surface area (Å²) in [6.45, 7) is 12.3. The molecule has 1 amide bonds. The van der Waals surface area contributed by atoms with Crippen molar-refractivity contribution in [2.45, 2.75) is 60.1 Å². The van der Waals surface area contributed by atoms with Crippen molar-refractivity contribution in [1.82, 2.24) is 10.5 Å². The molecule has 0 aliphatic carbocycles. The second-order valence-corrected chi connectivity index (χ2v) is 8.09. The number of ether oxygens (including phenoxy) is 1. The zero-order valence-corrected chi connectivity index (χ0v) is 18.6. The first-order valence-corrected chi connectivity index (χ1v) is 10.3. The average Bonchev–Trinajstić information content (AvgIpc) is 3.08. The highest BCUT2D eigenvalue weighted by atomic mass is 16.5. The van der Waals surface area contributed by atoms with Crippen molar-refractivity contribution < 1.29 is 14.1 Å². The molecule has 30 heavy (non-hydrogen) atoms. The van der Waals surface area contributed by atoms with Crippen LogP contribution in [0.1, 0.15) is 76.8 Å². The molecule has 0 saturated heterocycles. The summed E-state index contributed by atoms with van der Waals surface area (Å²) in [5.41, 5.74) is 5.35. The van der Waals surface area contributed by atoms with E-state index in [1.807, 2.05) is 39.0 Å². The Morgan fingerprint density at radius 2 is 1.60 bits per heavy atom. The third-order valence-corrected chi connectivity index (χ3v) is 5.42. The largest absolute Gasteiger partial charge is 0.488 e. The number of amides is 1. The number of nitrogens with one attached hydrogen (secondary N) is 1. The van der Waals surface area contributed by atoms with E-state index in [-0.39, 0.29) is 24.2 Å². The second-order valence-electron chi connectivity index (χ2n) is 8.09. The molecule has 0 spiro atoms. The van der Waals surface area contributed by atoms with Crippen LogP contribution < -0.4 is 10.1 Å². The third-order valence-electron chi connectivity index (χ3n) is 5.42. The Balaban J connectivity index is 1.72. The van der Waals surface area contributed by atoms with Gasteiger partial charge in [0.1, 0.15) is 18.1 Å². The van der Waals surface area contributed by atoms with Gasteiger partial charge in [-0.2, -0.15) is 0 Å². The summed E-state index contributed by atoms with van der Waals surface area (Å²) >= 11 is 0. The molecule has 5 nitrogen and oxygen atoms in total. The number of rotatable bonds is 7. The fourth-order valence-electron chi connectivity index (χ4n) is 3.43. The van der Waals surface area contributed by atoms with E-state index in [0.717, 1.165) is 22.4 Å². The highest BCUT2D eigenvalue weighted by Crippen LogP contribution is 2.25. The molecule has 2 aromatic carbocycles. The van der Waals surface area contributed by atoms with Gasteiger partial charge in [0, 0.05) is 0 Å². The maximum absolute atomic E-state index is 12.9. The number of nitrogens with zero attached hydrogens (tertiary/aromatic N) is 1. The van der Waals surface area contributed by atoms with Crippen LogP contribution in [-0.2, 0) is 6.61 Å². The lowest BCUT2D eigenvalue weighted by Gasteiger charge is -2.16. The van der Waals surface area contributed by atoms with Gasteiger partial charge in [0.2, 0.25) is 0 Å². The summed E-state index contributed by atoms with van der Waals surface area (Å²) in [7, 11) is 0. The van der Waals surface area contributed by atoms with Crippen LogP contribution in [0.25, 0.3) is 0 Å². The minimum Gasteiger partial charge on any atom is -0.488 e. The second kappa shape index (κ2) is 9.16. The van der Waals surface area contributed by atoms with Crippen molar-refractivity contribution in [3.63, 3.8) is 0 Å². The van der Waals surface area contributed by atoms with Gasteiger partial charge in [0.25, 0.3) is 5.91 Å². The molecule has 0 fully saturated rings. The number of hydrogen-bond acceptors (Lipinski definition) is 4. The number of aryl methyl sites for hydroxylation is 3. The maximum atomic E-state index is 12.9. The molecule has 1 N–H and O–H groups in total. The minimum absolute atomic E-state index is 0.150. The van der Waals surface area contributed by atoms with Crippen LogP contribution in [0, 0.1) is 20.8 Å². The Kier molecular flexibility index (Phi) is 6.60. The molecule has 3 aromatic rings. The molecule has 1 aromatic heterocycles. The van der Waals surface area contributed by atoms with Crippen molar-refractivity contribution in [2.75, 3.05) is 0 Å². The van der Waals surface area contributed by atoms with Crippen LogP contribution in [0.5, 0.6) is 5.75 Å². The Morgan fingerprint density at radius 1 is 1.00 bits per heavy atom. The number of carbonyl (C=O) groups excluding carboxylic acids is 1. The molecular formula is C25H30N2O3. The van der Waals surface area contributed by atoms with Crippen LogP contribution in [0.15, 0.2) is 47.0 Å². The normalized spacial score (nSPS) is 12.1. The van der Waals surface area contributed by atoms with Gasteiger partial charge < -0.3 is 14.6 Å². The maximum Gasteiger partial charge on any atom is 0.274 e. The van der Waals surface area contributed by atoms with Gasteiger partial charge in [-0.05, 0) is 55.9 Å². The van der Waals surface area contributed by atoms with Crippen LogP contribution in [0.3, 0.4) is 0 Å². The number of aromatic nitrogens is 1. The fraction of sp³-hybridized carbons (Fsp3) is 0.360. The van der Waals surface area contributed by atoms with Gasteiger partial charge in [-0.25, -0.2) is 0 Å². The summed E-state index contributed by atoms with van der Waals surface area (Å²) in [6, 6.07) is 14.2. The van der Waals surface area contributed by atoms with E-state index in [0.29, 0.717) is 17.2 Å². The third kappa shape index (κ3) is 4.73. The number of benzene rings is 2. The van der Waals surface area contributed by atoms with Crippen molar-refractivity contribution in [3.8, 4) is 5.75 Å². The van der Waals surface area contributed by atoms with Crippen LogP contribution in [-0.4, -0.2) is 11.1 Å². The van der Waals surface area contributed by atoms with Gasteiger partial charge in [0.15, 0.2) is 5.69 Å². The molecule has 1 unspecified atom stereocenters. The summed E-state index contributed by atoms with van der Waals surface area (Å²) in [4.78, 5) is 12.9. The number of para-hydroxylation sites is 1. The molecule has 1 heterocycles. The molecule has 0 radical (unpaired) electrons. The number of hydrogen-bond donors (Lipinski definition) is 1. The first-order valence-electron chi connectivity index (χ1n) is 10.3. The molecule has 158 valence electrons. The van der Waals surface area contributed by atoms with E-state index < -0.39 is 0 Å². The lowest BCUT2D eigenvalue weighted by atomic mass is 9.99. The van der Waals surface area contributed by atoms with Gasteiger partial charge in [-0.1, -0.05) is 61.5 Å². The molecule has 0 bridgehead atoms. The fourth-order valence-corrected chi connectivity index (χ4v) is 3.43. The predicted octanol–water partition coefficient (Wildman–Crippen LogP) is 5.79. The average molecular weight is 407 g/mol. The van der Waals surface area contributed by atoms with Crippen molar-refractivity contribution in [3.05, 3.63) is 81.7 Å². The first-order chi connectivity index (χ1) is 14.3. The lowest BCUT2D eigenvalue weighted by molar-refractivity contribution is 0.0928. The molecule has 0 saturated carbocycles. The van der Waals surface area contributed by atoms with Gasteiger partial charge >= 0.3 is 0 Å². The van der Waals surface area contributed by atoms with Gasteiger partial charge in [-0.3, -0.25) is 4.79 Å². The van der Waals surface area contributed by atoms with Crippen LogP contribution in [0.2, 0.25) is 0 Å². The summed E-state index contributed by atoms with van der Waals surface area (Å²) < 4.78 is 11.3. The molecule has 0 aliphatic heterocycles. The lowest BCUT2D eigenvalue weighted by Crippen LogP contribution is -2.28. The Bertz CT molecular complexity index is 999. The molecule has 3 rings (SSSR count). The highest BCUT2D eigenvalue weighted by molar-refractivity contribution is 5.94. The minimum atomic E-state index is -0.271. The SMILES string of the molecule is Cc1cccc(C)c1OCc1c(C(=O)NC(C)c2ccc(C(C)C)cc2)noc1C. The van der Waals surface area contributed by atoms with Gasteiger partial charge in [-0.15, -0.1) is 0 Å².